The van der Waals surface area contributed by atoms with Crippen LogP contribution in [-0.4, -0.2) is 38.5 Å². The van der Waals surface area contributed by atoms with E-state index >= 15 is 0 Å². The molecular formula is C18H19FN6O. The predicted octanol–water partition coefficient (Wildman–Crippen LogP) is 2.26. The molecule has 1 amide bonds. The fourth-order valence-corrected chi connectivity index (χ4v) is 2.40. The number of hydrogen-bond acceptors (Lipinski definition) is 5. The van der Waals surface area contributed by atoms with Crippen molar-refractivity contribution in [3.63, 3.8) is 0 Å². The third-order valence-electron chi connectivity index (χ3n) is 3.95. The Morgan fingerprint density at radius 1 is 1.15 bits per heavy atom. The Balaban J connectivity index is 1.55. The number of imidazole rings is 1. The number of nitrogens with one attached hydrogen (secondary N) is 2. The van der Waals surface area contributed by atoms with E-state index in [1.165, 1.54) is 24.5 Å². The second kappa shape index (κ2) is 7.73. The molecule has 0 saturated carbocycles. The summed E-state index contributed by atoms with van der Waals surface area (Å²) < 4.78 is 15.0. The van der Waals surface area contributed by atoms with E-state index in [-0.39, 0.29) is 5.91 Å². The number of amides is 1. The van der Waals surface area contributed by atoms with Crippen molar-refractivity contribution in [1.82, 2.24) is 24.8 Å². The number of carbonyl (C=O) groups is 1. The highest BCUT2D eigenvalue weighted by Gasteiger charge is 2.08. The minimum absolute atomic E-state index is 0.292. The highest BCUT2D eigenvalue weighted by Crippen LogP contribution is 2.13. The van der Waals surface area contributed by atoms with Gasteiger partial charge in [0.1, 0.15) is 30.1 Å². The van der Waals surface area contributed by atoms with E-state index in [9.17, 15) is 9.18 Å². The molecule has 134 valence electrons. The lowest BCUT2D eigenvalue weighted by Gasteiger charge is -2.09. The zero-order chi connectivity index (χ0) is 18.5. The molecule has 0 atom stereocenters. The average Bonchev–Trinajstić information content (AvgIpc) is 2.98. The molecule has 0 unspecified atom stereocenters. The Labute approximate surface area is 150 Å². The molecule has 0 fully saturated rings. The van der Waals surface area contributed by atoms with Gasteiger partial charge in [0.15, 0.2) is 0 Å². The normalized spacial score (nSPS) is 10.6. The zero-order valence-corrected chi connectivity index (χ0v) is 14.5. The van der Waals surface area contributed by atoms with Crippen LogP contribution in [0.1, 0.15) is 21.7 Å². The molecule has 2 heterocycles. The average molecular weight is 354 g/mol. The fourth-order valence-electron chi connectivity index (χ4n) is 2.40. The molecule has 8 heteroatoms. The van der Waals surface area contributed by atoms with E-state index in [1.807, 2.05) is 24.5 Å². The van der Waals surface area contributed by atoms with Gasteiger partial charge < -0.3 is 10.6 Å². The Kier molecular flexibility index (Phi) is 5.21. The summed E-state index contributed by atoms with van der Waals surface area (Å²) in [5, 5.41) is 5.85. The van der Waals surface area contributed by atoms with Gasteiger partial charge in [0, 0.05) is 30.4 Å². The van der Waals surface area contributed by atoms with Crippen molar-refractivity contribution in [3.8, 4) is 5.82 Å². The van der Waals surface area contributed by atoms with E-state index in [2.05, 4.69) is 25.6 Å². The lowest BCUT2D eigenvalue weighted by molar-refractivity contribution is 0.0954. The van der Waals surface area contributed by atoms with E-state index < -0.39 is 5.82 Å². The van der Waals surface area contributed by atoms with Crippen LogP contribution in [0.2, 0.25) is 0 Å². The number of benzene rings is 1. The number of rotatable bonds is 6. The minimum Gasteiger partial charge on any atom is -0.368 e. The summed E-state index contributed by atoms with van der Waals surface area (Å²) in [4.78, 5) is 24.6. The van der Waals surface area contributed by atoms with Crippen LogP contribution in [0.5, 0.6) is 0 Å². The van der Waals surface area contributed by atoms with Gasteiger partial charge in [-0.1, -0.05) is 6.07 Å². The molecule has 2 aromatic heterocycles. The maximum Gasteiger partial charge on any atom is 0.251 e. The Bertz CT molecular complexity index is 924. The second-order valence-electron chi connectivity index (χ2n) is 5.74. The highest BCUT2D eigenvalue weighted by atomic mass is 19.1. The molecule has 3 aromatic rings. The van der Waals surface area contributed by atoms with Crippen molar-refractivity contribution in [2.24, 2.45) is 0 Å². The Hall–Kier alpha value is -3.29. The van der Waals surface area contributed by atoms with Crippen molar-refractivity contribution >= 4 is 11.7 Å². The van der Waals surface area contributed by atoms with Gasteiger partial charge in [0.25, 0.3) is 5.91 Å². The number of carbonyl (C=O) groups excluding carboxylic acids is 1. The van der Waals surface area contributed by atoms with Crippen LogP contribution in [0.3, 0.4) is 0 Å². The van der Waals surface area contributed by atoms with Crippen molar-refractivity contribution in [3.05, 3.63) is 65.8 Å². The van der Waals surface area contributed by atoms with Gasteiger partial charge in [-0.15, -0.1) is 0 Å². The predicted molar refractivity (Wildman–Crippen MR) is 95.9 cm³/mol. The first kappa shape index (κ1) is 17.5. The summed E-state index contributed by atoms with van der Waals surface area (Å²) in [5.74, 6) is 0.596. The first-order valence-electron chi connectivity index (χ1n) is 8.15. The first-order chi connectivity index (χ1) is 12.5. The standard InChI is InChI=1S/C18H19FN6O/c1-12-13(2)25(11-24-12)17-9-16(22-10-23-17)20-6-7-21-18(26)14-4-3-5-15(19)8-14/h3-5,8-11H,6-7H2,1-2H3,(H,21,26)(H,20,22,23). The largest absolute Gasteiger partial charge is 0.368 e. The molecule has 7 nitrogen and oxygen atoms in total. The maximum atomic E-state index is 13.1. The van der Waals surface area contributed by atoms with Gasteiger partial charge >= 0.3 is 0 Å². The summed E-state index contributed by atoms with van der Waals surface area (Å²) in [6.45, 7) is 4.75. The van der Waals surface area contributed by atoms with Crippen LogP contribution in [0.15, 0.2) is 43.0 Å². The third kappa shape index (κ3) is 4.02. The zero-order valence-electron chi connectivity index (χ0n) is 14.5. The molecule has 3 rings (SSSR count). The van der Waals surface area contributed by atoms with Gasteiger partial charge in [-0.05, 0) is 32.0 Å². The van der Waals surface area contributed by atoms with E-state index in [4.69, 9.17) is 0 Å². The highest BCUT2D eigenvalue weighted by molar-refractivity contribution is 5.94. The molecule has 0 aliphatic heterocycles. The lowest BCUT2D eigenvalue weighted by Crippen LogP contribution is -2.29. The summed E-state index contributed by atoms with van der Waals surface area (Å²) in [7, 11) is 0. The summed E-state index contributed by atoms with van der Waals surface area (Å²) >= 11 is 0. The molecule has 2 N–H and O–H groups in total. The molecule has 0 saturated heterocycles. The first-order valence-corrected chi connectivity index (χ1v) is 8.15. The second-order valence-corrected chi connectivity index (χ2v) is 5.74. The SMILES string of the molecule is Cc1ncn(-c2cc(NCCNC(=O)c3cccc(F)c3)ncn2)c1C. The molecular weight excluding hydrogens is 335 g/mol. The van der Waals surface area contributed by atoms with Crippen LogP contribution in [-0.2, 0) is 0 Å². The third-order valence-corrected chi connectivity index (χ3v) is 3.95. The van der Waals surface area contributed by atoms with Crippen LogP contribution < -0.4 is 10.6 Å². The van der Waals surface area contributed by atoms with Gasteiger partial charge in [-0.2, -0.15) is 0 Å². The van der Waals surface area contributed by atoms with Gasteiger partial charge in [0.05, 0.1) is 5.69 Å². The summed E-state index contributed by atoms with van der Waals surface area (Å²) in [6, 6.07) is 7.38. The quantitative estimate of drug-likeness (QED) is 0.663. The summed E-state index contributed by atoms with van der Waals surface area (Å²) in [5.41, 5.74) is 2.25. The van der Waals surface area contributed by atoms with Crippen molar-refractivity contribution < 1.29 is 9.18 Å². The molecule has 0 aliphatic carbocycles. The lowest BCUT2D eigenvalue weighted by atomic mass is 10.2. The number of hydrogen-bond donors (Lipinski definition) is 2. The van der Waals surface area contributed by atoms with Crippen LogP contribution in [0.4, 0.5) is 10.2 Å². The molecule has 0 radical (unpaired) electrons. The molecule has 26 heavy (non-hydrogen) atoms. The smallest absolute Gasteiger partial charge is 0.251 e. The molecule has 0 bridgehead atoms. The van der Waals surface area contributed by atoms with Gasteiger partial charge in [-0.25, -0.2) is 19.3 Å². The maximum absolute atomic E-state index is 13.1. The monoisotopic (exact) mass is 354 g/mol. The Morgan fingerprint density at radius 3 is 2.73 bits per heavy atom. The van der Waals surface area contributed by atoms with Gasteiger partial charge in [0.2, 0.25) is 0 Å². The Morgan fingerprint density at radius 2 is 2.00 bits per heavy atom. The fraction of sp³-hybridized carbons (Fsp3) is 0.222. The van der Waals surface area contributed by atoms with Crippen LogP contribution in [0.25, 0.3) is 5.82 Å². The van der Waals surface area contributed by atoms with E-state index in [1.54, 1.807) is 12.4 Å². The minimum atomic E-state index is -0.436. The van der Waals surface area contributed by atoms with E-state index in [0.717, 1.165) is 11.4 Å². The number of aryl methyl sites for hydroxylation is 1. The van der Waals surface area contributed by atoms with Crippen molar-refractivity contribution in [1.29, 1.82) is 0 Å². The van der Waals surface area contributed by atoms with Crippen LogP contribution in [0, 0.1) is 19.7 Å². The number of halogens is 1. The van der Waals surface area contributed by atoms with Crippen LogP contribution >= 0.6 is 0 Å². The molecule has 1 aromatic carbocycles. The number of anilines is 1. The summed E-state index contributed by atoms with van der Waals surface area (Å²) in [6.07, 6.45) is 3.19. The molecule has 0 spiro atoms. The van der Waals surface area contributed by atoms with Gasteiger partial charge in [-0.3, -0.25) is 9.36 Å². The van der Waals surface area contributed by atoms with Crippen molar-refractivity contribution in [2.45, 2.75) is 13.8 Å². The number of aromatic nitrogens is 4. The topological polar surface area (TPSA) is 84.7 Å². The number of nitrogens with zero attached hydrogens (tertiary/aromatic N) is 4. The van der Waals surface area contributed by atoms with Crippen molar-refractivity contribution in [2.75, 3.05) is 18.4 Å². The van der Waals surface area contributed by atoms with E-state index in [0.29, 0.717) is 30.3 Å². The molecule has 0 aliphatic rings.